The van der Waals surface area contributed by atoms with E-state index in [1.54, 1.807) is 11.5 Å². The summed E-state index contributed by atoms with van der Waals surface area (Å²) in [6.07, 6.45) is 1.19. The van der Waals surface area contributed by atoms with Gasteiger partial charge in [0.15, 0.2) is 0 Å². The van der Waals surface area contributed by atoms with E-state index in [1.165, 1.54) is 7.11 Å². The molecule has 0 aliphatic heterocycles. The number of ether oxygens (including phenoxy) is 1. The zero-order chi connectivity index (χ0) is 18.2. The van der Waals surface area contributed by atoms with Crippen LogP contribution in [0.3, 0.4) is 0 Å². The van der Waals surface area contributed by atoms with Gasteiger partial charge in [0.2, 0.25) is 0 Å². The van der Waals surface area contributed by atoms with Crippen LogP contribution >= 0.6 is 0 Å². The van der Waals surface area contributed by atoms with Gasteiger partial charge >= 0.3 is 5.97 Å². The fraction of sp³-hybridized carbons (Fsp3) is 0.250. The first-order valence-corrected chi connectivity index (χ1v) is 8.25. The van der Waals surface area contributed by atoms with Crippen molar-refractivity contribution < 1.29 is 9.53 Å². The maximum Gasteiger partial charge on any atom is 0.305 e. The molecule has 0 fully saturated rings. The highest BCUT2D eigenvalue weighted by Crippen LogP contribution is 2.12. The van der Waals surface area contributed by atoms with Gasteiger partial charge in [-0.25, -0.2) is 4.98 Å². The van der Waals surface area contributed by atoms with Crippen molar-refractivity contribution in [1.29, 1.82) is 0 Å². The fourth-order valence-electron chi connectivity index (χ4n) is 2.40. The highest BCUT2D eigenvalue weighted by atomic mass is 16.5. The second-order valence-corrected chi connectivity index (χ2v) is 5.30. The molecule has 3 rings (SSSR count). The Kier molecular flexibility index (Phi) is 6.46. The lowest BCUT2D eigenvalue weighted by Gasteiger charge is -2.12. The van der Waals surface area contributed by atoms with Crippen molar-refractivity contribution in [2.24, 2.45) is 0 Å². The number of carbonyl (C=O) groups excluding carboxylic acids is 1. The zero-order valence-electron chi connectivity index (χ0n) is 14.7. The standard InChI is InChI=1S/C16H14N2O.C4H8O2/c1-2-15-17-14-11-7-6-10-13(14)16(19)18(15)12-8-4-3-5-9-12;1-3-4(5)6-2/h3-11H,2H2,1H3;3H2,1-2H3. The smallest absolute Gasteiger partial charge is 0.305 e. The predicted molar refractivity (Wildman–Crippen MR) is 99.0 cm³/mol. The predicted octanol–water partition coefficient (Wildman–Crippen LogP) is 3.52. The Morgan fingerprint density at radius 2 is 1.68 bits per heavy atom. The number of para-hydroxylation sites is 2. The fourth-order valence-corrected chi connectivity index (χ4v) is 2.40. The third-order valence-corrected chi connectivity index (χ3v) is 3.69. The van der Waals surface area contributed by atoms with Crippen LogP contribution in [0.25, 0.3) is 16.6 Å². The molecule has 0 bridgehead atoms. The van der Waals surface area contributed by atoms with Gasteiger partial charge in [-0.2, -0.15) is 0 Å². The SMILES string of the molecule is CCC(=O)OC.CCc1nc2ccccc2c(=O)n1-c1ccccc1. The highest BCUT2D eigenvalue weighted by Gasteiger charge is 2.10. The van der Waals surface area contributed by atoms with E-state index in [9.17, 15) is 9.59 Å². The molecule has 2 aromatic carbocycles. The monoisotopic (exact) mass is 338 g/mol. The van der Waals surface area contributed by atoms with Crippen LogP contribution < -0.4 is 5.56 Å². The molecule has 0 atom stereocenters. The molecule has 1 aromatic heterocycles. The van der Waals surface area contributed by atoms with Crippen molar-refractivity contribution in [3.63, 3.8) is 0 Å². The number of methoxy groups -OCH3 is 1. The van der Waals surface area contributed by atoms with Gasteiger partial charge in [-0.15, -0.1) is 0 Å². The summed E-state index contributed by atoms with van der Waals surface area (Å²) in [5.41, 5.74) is 1.62. The molecule has 3 aromatic rings. The maximum absolute atomic E-state index is 12.6. The first kappa shape index (κ1) is 18.4. The molecule has 130 valence electrons. The minimum atomic E-state index is -0.157. The Labute approximate surface area is 146 Å². The highest BCUT2D eigenvalue weighted by molar-refractivity contribution is 5.77. The number of aromatic nitrogens is 2. The summed E-state index contributed by atoms with van der Waals surface area (Å²) in [6.45, 7) is 3.77. The molecule has 0 saturated carbocycles. The lowest BCUT2D eigenvalue weighted by atomic mass is 10.2. The summed E-state index contributed by atoms with van der Waals surface area (Å²) in [6, 6.07) is 17.1. The minimum Gasteiger partial charge on any atom is -0.469 e. The Morgan fingerprint density at radius 1 is 1.04 bits per heavy atom. The number of hydrogen-bond acceptors (Lipinski definition) is 4. The topological polar surface area (TPSA) is 61.2 Å². The quantitative estimate of drug-likeness (QED) is 0.686. The van der Waals surface area contributed by atoms with Gasteiger partial charge in [-0.3, -0.25) is 14.2 Å². The van der Waals surface area contributed by atoms with Gasteiger partial charge in [0.25, 0.3) is 5.56 Å². The van der Waals surface area contributed by atoms with Crippen molar-refractivity contribution in [2.45, 2.75) is 26.7 Å². The molecule has 0 aliphatic carbocycles. The van der Waals surface area contributed by atoms with Crippen LogP contribution in [-0.4, -0.2) is 22.6 Å². The van der Waals surface area contributed by atoms with Crippen molar-refractivity contribution >= 4 is 16.9 Å². The number of hydrogen-bond donors (Lipinski definition) is 0. The van der Waals surface area contributed by atoms with E-state index < -0.39 is 0 Å². The van der Waals surface area contributed by atoms with Gasteiger partial charge in [0.05, 0.1) is 23.7 Å². The first-order valence-electron chi connectivity index (χ1n) is 8.25. The second kappa shape index (κ2) is 8.78. The van der Waals surface area contributed by atoms with Crippen molar-refractivity contribution in [3.8, 4) is 5.69 Å². The molecular weight excluding hydrogens is 316 g/mol. The van der Waals surface area contributed by atoms with Gasteiger partial charge in [0.1, 0.15) is 5.82 Å². The Balaban J connectivity index is 0.000000326. The average molecular weight is 338 g/mol. The van der Waals surface area contributed by atoms with E-state index >= 15 is 0 Å². The largest absolute Gasteiger partial charge is 0.469 e. The molecule has 1 heterocycles. The van der Waals surface area contributed by atoms with E-state index in [4.69, 9.17) is 0 Å². The van der Waals surface area contributed by atoms with E-state index in [1.807, 2.05) is 61.5 Å². The number of esters is 1. The number of carbonyl (C=O) groups is 1. The molecule has 25 heavy (non-hydrogen) atoms. The summed E-state index contributed by atoms with van der Waals surface area (Å²) in [4.78, 5) is 27.2. The molecule has 0 radical (unpaired) electrons. The van der Waals surface area contributed by atoms with Crippen LogP contribution in [0.2, 0.25) is 0 Å². The van der Waals surface area contributed by atoms with Gasteiger partial charge in [-0.05, 0) is 24.3 Å². The third-order valence-electron chi connectivity index (χ3n) is 3.69. The maximum atomic E-state index is 12.6. The van der Waals surface area contributed by atoms with Crippen LogP contribution in [0, 0.1) is 0 Å². The molecule has 0 saturated heterocycles. The van der Waals surface area contributed by atoms with Gasteiger partial charge < -0.3 is 4.74 Å². The Morgan fingerprint density at radius 3 is 2.24 bits per heavy atom. The van der Waals surface area contributed by atoms with E-state index in [0.29, 0.717) is 11.8 Å². The summed E-state index contributed by atoms with van der Waals surface area (Å²) in [5, 5.41) is 0.656. The van der Waals surface area contributed by atoms with Crippen molar-refractivity contribution in [2.75, 3.05) is 7.11 Å². The number of aryl methyl sites for hydroxylation is 1. The van der Waals surface area contributed by atoms with Crippen molar-refractivity contribution in [3.05, 3.63) is 70.8 Å². The minimum absolute atomic E-state index is 0.00588. The van der Waals surface area contributed by atoms with Gasteiger partial charge in [0, 0.05) is 12.8 Å². The van der Waals surface area contributed by atoms with Gasteiger partial charge in [-0.1, -0.05) is 44.2 Å². The lowest BCUT2D eigenvalue weighted by molar-refractivity contribution is -0.140. The molecule has 0 unspecified atom stereocenters. The third kappa shape index (κ3) is 4.32. The normalized spacial score (nSPS) is 10.0. The number of nitrogens with zero attached hydrogens (tertiary/aromatic N) is 2. The number of fused-ring (bicyclic) bond motifs is 1. The first-order chi connectivity index (χ1) is 12.1. The molecular formula is C20H22N2O3. The zero-order valence-corrected chi connectivity index (χ0v) is 14.7. The molecule has 5 nitrogen and oxygen atoms in total. The summed E-state index contributed by atoms with van der Waals surface area (Å²) < 4.78 is 5.96. The van der Waals surface area contributed by atoms with E-state index in [2.05, 4.69) is 9.72 Å². The number of rotatable bonds is 3. The van der Waals surface area contributed by atoms with Crippen molar-refractivity contribution in [1.82, 2.24) is 9.55 Å². The molecule has 5 heteroatoms. The second-order valence-electron chi connectivity index (χ2n) is 5.30. The van der Waals surface area contributed by atoms with E-state index in [-0.39, 0.29) is 11.5 Å². The average Bonchev–Trinajstić information content (AvgIpc) is 2.68. The summed E-state index contributed by atoms with van der Waals surface area (Å²) >= 11 is 0. The van der Waals surface area contributed by atoms with Crippen LogP contribution in [0.1, 0.15) is 26.1 Å². The van der Waals surface area contributed by atoms with Crippen LogP contribution in [0.15, 0.2) is 59.4 Å². The Hall–Kier alpha value is -2.95. The summed E-state index contributed by atoms with van der Waals surface area (Å²) in [5.74, 6) is 0.630. The van der Waals surface area contributed by atoms with Crippen LogP contribution in [0.4, 0.5) is 0 Å². The molecule has 0 aliphatic rings. The molecule has 0 spiro atoms. The molecule has 0 N–H and O–H groups in total. The molecule has 0 amide bonds. The Bertz CT molecular complexity index is 896. The van der Waals surface area contributed by atoms with Crippen LogP contribution in [0.5, 0.6) is 0 Å². The van der Waals surface area contributed by atoms with E-state index in [0.717, 1.165) is 23.4 Å². The lowest BCUT2D eigenvalue weighted by Crippen LogP contribution is -2.23. The summed E-state index contributed by atoms with van der Waals surface area (Å²) in [7, 11) is 1.38. The number of benzene rings is 2. The van der Waals surface area contributed by atoms with Crippen LogP contribution in [-0.2, 0) is 16.0 Å².